The van der Waals surface area contributed by atoms with E-state index in [0.29, 0.717) is 0 Å². The smallest absolute Gasteiger partial charge is 0.323 e. The van der Waals surface area contributed by atoms with Crippen LogP contribution in [0.5, 0.6) is 0 Å². The predicted molar refractivity (Wildman–Crippen MR) is 115 cm³/mol. The number of likely N-dealkylation sites (N-methyl/N-ethyl adjacent to an activating group) is 1. The van der Waals surface area contributed by atoms with E-state index in [1.165, 1.54) is 5.69 Å². The lowest BCUT2D eigenvalue weighted by Crippen LogP contribution is -2.44. The van der Waals surface area contributed by atoms with Gasteiger partial charge in [-0.3, -0.25) is 0 Å². The van der Waals surface area contributed by atoms with Crippen LogP contribution < -0.4 is 15.5 Å². The van der Waals surface area contributed by atoms with E-state index in [9.17, 15) is 4.79 Å². The number of benzene rings is 2. The molecule has 1 aliphatic rings. The van der Waals surface area contributed by atoms with E-state index in [4.69, 9.17) is 0 Å². The summed E-state index contributed by atoms with van der Waals surface area (Å²) >= 11 is 0. The molecule has 4 rings (SSSR count). The maximum atomic E-state index is 12.3. The van der Waals surface area contributed by atoms with Crippen molar-refractivity contribution in [3.63, 3.8) is 0 Å². The van der Waals surface area contributed by atoms with Crippen LogP contribution in [0, 0.1) is 0 Å². The highest BCUT2D eigenvalue weighted by Gasteiger charge is 2.14. The van der Waals surface area contributed by atoms with Crippen molar-refractivity contribution in [3.05, 3.63) is 73.1 Å². The Morgan fingerprint density at radius 3 is 1.79 bits per heavy atom. The third-order valence-corrected chi connectivity index (χ3v) is 5.02. The third-order valence-electron chi connectivity index (χ3n) is 5.02. The Labute approximate surface area is 165 Å². The van der Waals surface area contributed by atoms with Gasteiger partial charge in [-0.1, -0.05) is 0 Å². The SMILES string of the molecule is CN1CCN(c2ccc(NC(=O)Nc3ccc(-n4cccc4)cc3)cc2)CC1. The lowest BCUT2D eigenvalue weighted by atomic mass is 10.2. The molecule has 6 nitrogen and oxygen atoms in total. The van der Waals surface area contributed by atoms with Gasteiger partial charge in [-0.25, -0.2) is 4.79 Å². The Morgan fingerprint density at radius 2 is 1.25 bits per heavy atom. The molecule has 0 atom stereocenters. The molecule has 2 heterocycles. The first-order valence-corrected chi connectivity index (χ1v) is 9.52. The standard InChI is InChI=1S/C22H25N5O/c1-25-14-16-27(17-15-25)21-10-6-19(7-11-21)24-22(28)23-18-4-8-20(9-5-18)26-12-2-3-13-26/h2-13H,14-17H2,1H3,(H2,23,24,28). The molecule has 0 bridgehead atoms. The fourth-order valence-electron chi connectivity index (χ4n) is 3.34. The molecule has 1 aromatic heterocycles. The fourth-order valence-corrected chi connectivity index (χ4v) is 3.34. The third kappa shape index (κ3) is 4.35. The van der Waals surface area contributed by atoms with Gasteiger partial charge in [0, 0.05) is 61.3 Å². The summed E-state index contributed by atoms with van der Waals surface area (Å²) in [6.07, 6.45) is 3.97. The zero-order valence-electron chi connectivity index (χ0n) is 16.0. The topological polar surface area (TPSA) is 52.5 Å². The zero-order chi connectivity index (χ0) is 19.3. The van der Waals surface area contributed by atoms with Gasteiger partial charge in [-0.15, -0.1) is 0 Å². The van der Waals surface area contributed by atoms with Crippen molar-refractivity contribution in [2.45, 2.75) is 0 Å². The lowest BCUT2D eigenvalue weighted by Gasteiger charge is -2.34. The molecule has 0 aliphatic carbocycles. The Hall–Kier alpha value is -3.25. The second-order valence-electron chi connectivity index (χ2n) is 7.05. The molecular formula is C22H25N5O. The van der Waals surface area contributed by atoms with Gasteiger partial charge in [0.25, 0.3) is 0 Å². The van der Waals surface area contributed by atoms with Crippen molar-refractivity contribution in [1.82, 2.24) is 9.47 Å². The average molecular weight is 375 g/mol. The molecule has 3 aromatic rings. The summed E-state index contributed by atoms with van der Waals surface area (Å²) in [7, 11) is 2.15. The molecule has 2 N–H and O–H groups in total. The summed E-state index contributed by atoms with van der Waals surface area (Å²) in [4.78, 5) is 17.0. The Kier molecular flexibility index (Phi) is 5.30. The maximum absolute atomic E-state index is 12.3. The van der Waals surface area contributed by atoms with Crippen LogP contribution in [0.2, 0.25) is 0 Å². The maximum Gasteiger partial charge on any atom is 0.323 e. The summed E-state index contributed by atoms with van der Waals surface area (Å²) in [5.74, 6) is 0. The number of nitrogens with one attached hydrogen (secondary N) is 2. The van der Waals surface area contributed by atoms with Crippen LogP contribution in [0.15, 0.2) is 73.1 Å². The number of urea groups is 1. The van der Waals surface area contributed by atoms with Gasteiger partial charge in [-0.05, 0) is 67.7 Å². The molecule has 2 aromatic carbocycles. The van der Waals surface area contributed by atoms with Crippen LogP contribution in [0.3, 0.4) is 0 Å². The zero-order valence-corrected chi connectivity index (χ0v) is 16.0. The summed E-state index contributed by atoms with van der Waals surface area (Å²) in [5.41, 5.74) is 3.77. The molecule has 0 unspecified atom stereocenters. The second-order valence-corrected chi connectivity index (χ2v) is 7.05. The lowest BCUT2D eigenvalue weighted by molar-refractivity contribution is 0.262. The van der Waals surface area contributed by atoms with Gasteiger partial charge < -0.3 is 25.0 Å². The summed E-state index contributed by atoms with van der Waals surface area (Å²) in [6.45, 7) is 4.21. The van der Waals surface area contributed by atoms with Crippen molar-refractivity contribution in [1.29, 1.82) is 0 Å². The Morgan fingerprint density at radius 1 is 0.750 bits per heavy atom. The minimum Gasteiger partial charge on any atom is -0.369 e. The molecule has 144 valence electrons. The number of nitrogens with zero attached hydrogens (tertiary/aromatic N) is 3. The van der Waals surface area contributed by atoms with Gasteiger partial charge in [0.2, 0.25) is 0 Å². The van der Waals surface area contributed by atoms with Crippen molar-refractivity contribution in [3.8, 4) is 5.69 Å². The number of carbonyl (C=O) groups is 1. The molecule has 0 saturated carbocycles. The number of amides is 2. The minimum absolute atomic E-state index is 0.249. The molecule has 6 heteroatoms. The second kappa shape index (κ2) is 8.19. The van der Waals surface area contributed by atoms with Crippen LogP contribution in [0.1, 0.15) is 0 Å². The van der Waals surface area contributed by atoms with Crippen LogP contribution in [-0.2, 0) is 0 Å². The van der Waals surface area contributed by atoms with E-state index in [-0.39, 0.29) is 6.03 Å². The number of hydrogen-bond acceptors (Lipinski definition) is 3. The van der Waals surface area contributed by atoms with Gasteiger partial charge in [0.1, 0.15) is 0 Å². The van der Waals surface area contributed by atoms with Crippen molar-refractivity contribution < 1.29 is 4.79 Å². The number of piperazine rings is 1. The Bertz CT molecular complexity index is 895. The number of carbonyl (C=O) groups excluding carboxylic acids is 1. The number of aromatic nitrogens is 1. The highest BCUT2D eigenvalue weighted by Crippen LogP contribution is 2.20. The molecule has 1 saturated heterocycles. The number of anilines is 3. The van der Waals surface area contributed by atoms with Crippen molar-refractivity contribution in [2.75, 3.05) is 48.8 Å². The van der Waals surface area contributed by atoms with E-state index >= 15 is 0 Å². The molecule has 1 fully saturated rings. The first-order valence-electron chi connectivity index (χ1n) is 9.52. The normalized spacial score (nSPS) is 14.7. The highest BCUT2D eigenvalue weighted by molar-refractivity contribution is 5.99. The van der Waals surface area contributed by atoms with Crippen LogP contribution in [-0.4, -0.2) is 48.7 Å². The van der Waals surface area contributed by atoms with E-state index < -0.39 is 0 Å². The monoisotopic (exact) mass is 375 g/mol. The summed E-state index contributed by atoms with van der Waals surface area (Å²) < 4.78 is 2.02. The largest absolute Gasteiger partial charge is 0.369 e. The summed E-state index contributed by atoms with van der Waals surface area (Å²) in [6, 6.07) is 19.5. The van der Waals surface area contributed by atoms with Crippen molar-refractivity contribution >= 4 is 23.1 Å². The predicted octanol–water partition coefficient (Wildman–Crippen LogP) is 3.87. The highest BCUT2D eigenvalue weighted by atomic mass is 16.2. The number of rotatable bonds is 4. The van der Waals surface area contributed by atoms with Gasteiger partial charge in [-0.2, -0.15) is 0 Å². The van der Waals surface area contributed by atoms with Crippen LogP contribution in [0.4, 0.5) is 21.9 Å². The molecule has 2 amide bonds. The van der Waals surface area contributed by atoms with Gasteiger partial charge in [0.05, 0.1) is 0 Å². The van der Waals surface area contributed by atoms with E-state index in [1.54, 1.807) is 0 Å². The first-order chi connectivity index (χ1) is 13.7. The molecule has 0 spiro atoms. The van der Waals surface area contributed by atoms with Crippen LogP contribution >= 0.6 is 0 Å². The quantitative estimate of drug-likeness (QED) is 0.728. The summed E-state index contributed by atoms with van der Waals surface area (Å²) in [5, 5.41) is 5.76. The minimum atomic E-state index is -0.249. The molecule has 28 heavy (non-hydrogen) atoms. The molecular weight excluding hydrogens is 350 g/mol. The first kappa shape index (κ1) is 18.1. The Balaban J connectivity index is 1.32. The van der Waals surface area contributed by atoms with E-state index in [1.807, 2.05) is 65.5 Å². The fraction of sp³-hybridized carbons (Fsp3) is 0.227. The average Bonchev–Trinajstić information content (AvgIpc) is 3.25. The van der Waals surface area contributed by atoms with Crippen molar-refractivity contribution in [2.24, 2.45) is 0 Å². The van der Waals surface area contributed by atoms with E-state index in [2.05, 4.69) is 39.6 Å². The van der Waals surface area contributed by atoms with Gasteiger partial charge >= 0.3 is 6.03 Å². The van der Waals surface area contributed by atoms with Crippen LogP contribution in [0.25, 0.3) is 5.69 Å². The number of hydrogen-bond donors (Lipinski definition) is 2. The molecule has 1 aliphatic heterocycles. The van der Waals surface area contributed by atoms with E-state index in [0.717, 1.165) is 43.2 Å². The molecule has 0 radical (unpaired) electrons. The van der Waals surface area contributed by atoms with Gasteiger partial charge in [0.15, 0.2) is 0 Å².